The summed E-state index contributed by atoms with van der Waals surface area (Å²) in [5.74, 6) is 1.32. The van der Waals surface area contributed by atoms with E-state index in [1.807, 2.05) is 18.7 Å². The molecule has 25 heavy (non-hydrogen) atoms. The third-order valence-corrected chi connectivity index (χ3v) is 7.27. The molecule has 0 radical (unpaired) electrons. The Morgan fingerprint density at radius 2 is 2.00 bits per heavy atom. The first-order chi connectivity index (χ1) is 11.5. The fourth-order valence-electron chi connectivity index (χ4n) is 3.09. The summed E-state index contributed by atoms with van der Waals surface area (Å²) in [7, 11) is -3.22. The molecule has 0 bridgehead atoms. The summed E-state index contributed by atoms with van der Waals surface area (Å²) in [4.78, 5) is 4.44. The molecule has 0 spiro atoms. The average molecular weight is 505 g/mol. The van der Waals surface area contributed by atoms with Gasteiger partial charge in [-0.25, -0.2) is 13.1 Å². The first-order valence-electron chi connectivity index (χ1n) is 9.07. The summed E-state index contributed by atoms with van der Waals surface area (Å²) in [5.41, 5.74) is 0. The number of hydrogen-bond donors (Lipinski definition) is 3. The fraction of sp³-hybridized carbons (Fsp3) is 0.938. The predicted octanol–water partition coefficient (Wildman–Crippen LogP) is 2.16. The van der Waals surface area contributed by atoms with Gasteiger partial charge in [-0.2, -0.15) is 11.8 Å². The van der Waals surface area contributed by atoms with Crippen LogP contribution in [0.25, 0.3) is 0 Å². The van der Waals surface area contributed by atoms with Gasteiger partial charge in [0.05, 0.1) is 12.3 Å². The van der Waals surface area contributed by atoms with Gasteiger partial charge in [-0.3, -0.25) is 4.99 Å². The smallest absolute Gasteiger partial charge is 0.213 e. The molecule has 9 heteroatoms. The molecular weight excluding hydrogens is 471 g/mol. The normalized spacial score (nSPS) is 24.5. The lowest BCUT2D eigenvalue weighted by molar-refractivity contribution is 0.316. The SMILES string of the molecule is CCNC(=NCCS(=O)(=O)NCC1CCC1)NC1CCC(SC)C1.I. The number of hydrogen-bond acceptors (Lipinski definition) is 4. The molecule has 0 heterocycles. The number of sulfonamides is 1. The van der Waals surface area contributed by atoms with Crippen molar-refractivity contribution in [2.75, 3.05) is 31.6 Å². The van der Waals surface area contributed by atoms with Gasteiger partial charge in [-0.15, -0.1) is 24.0 Å². The molecule has 0 aromatic rings. The van der Waals surface area contributed by atoms with Crippen LogP contribution in [0.5, 0.6) is 0 Å². The van der Waals surface area contributed by atoms with E-state index in [1.54, 1.807) is 0 Å². The minimum absolute atomic E-state index is 0. The largest absolute Gasteiger partial charge is 0.357 e. The standard InChI is InChI=1S/C16H32N4O2S2.HI/c1-3-17-16(20-14-7-8-15(11-14)23-2)18-9-10-24(21,22)19-12-13-5-4-6-13;/h13-15,19H,3-12H2,1-2H3,(H2,17,18,20);1H. The van der Waals surface area contributed by atoms with E-state index in [9.17, 15) is 8.42 Å². The van der Waals surface area contributed by atoms with Gasteiger partial charge in [0.1, 0.15) is 0 Å². The fourth-order valence-corrected chi connectivity index (χ4v) is 4.85. The summed E-state index contributed by atoms with van der Waals surface area (Å²) in [6.45, 7) is 3.67. The van der Waals surface area contributed by atoms with Gasteiger partial charge in [0.25, 0.3) is 0 Å². The molecular formula is C16H33IN4O2S2. The molecule has 0 saturated heterocycles. The van der Waals surface area contributed by atoms with Gasteiger partial charge in [-0.1, -0.05) is 6.42 Å². The maximum absolute atomic E-state index is 12.0. The van der Waals surface area contributed by atoms with Crippen LogP contribution in [0.15, 0.2) is 4.99 Å². The number of aliphatic imine (C=N–C) groups is 1. The molecule has 0 aliphatic heterocycles. The lowest BCUT2D eigenvalue weighted by Gasteiger charge is -2.25. The molecule has 0 amide bonds. The van der Waals surface area contributed by atoms with Crippen LogP contribution in [0.2, 0.25) is 0 Å². The van der Waals surface area contributed by atoms with Crippen LogP contribution in [-0.2, 0) is 10.0 Å². The minimum Gasteiger partial charge on any atom is -0.357 e. The molecule has 2 atom stereocenters. The van der Waals surface area contributed by atoms with E-state index in [4.69, 9.17) is 0 Å². The zero-order valence-corrected chi connectivity index (χ0v) is 19.3. The zero-order chi connectivity index (χ0) is 17.4. The number of halogens is 1. The van der Waals surface area contributed by atoms with Gasteiger partial charge in [-0.05, 0) is 51.2 Å². The maximum Gasteiger partial charge on any atom is 0.213 e. The zero-order valence-electron chi connectivity index (χ0n) is 15.3. The van der Waals surface area contributed by atoms with E-state index in [-0.39, 0.29) is 36.3 Å². The van der Waals surface area contributed by atoms with Gasteiger partial charge < -0.3 is 10.6 Å². The predicted molar refractivity (Wildman–Crippen MR) is 119 cm³/mol. The Labute approximate surface area is 174 Å². The molecule has 0 aromatic carbocycles. The van der Waals surface area contributed by atoms with Crippen LogP contribution in [0.3, 0.4) is 0 Å². The van der Waals surface area contributed by atoms with E-state index >= 15 is 0 Å². The van der Waals surface area contributed by atoms with Crippen molar-refractivity contribution >= 4 is 51.7 Å². The summed E-state index contributed by atoms with van der Waals surface area (Å²) < 4.78 is 26.7. The third-order valence-electron chi connectivity index (χ3n) is 4.85. The van der Waals surface area contributed by atoms with E-state index in [2.05, 4.69) is 26.6 Å². The van der Waals surface area contributed by atoms with E-state index in [0.717, 1.165) is 43.4 Å². The first-order valence-corrected chi connectivity index (χ1v) is 12.0. The van der Waals surface area contributed by atoms with Crippen molar-refractivity contribution in [2.45, 2.75) is 56.7 Å². The quantitative estimate of drug-likeness (QED) is 0.255. The van der Waals surface area contributed by atoms with Crippen molar-refractivity contribution in [3.8, 4) is 0 Å². The Balaban J connectivity index is 0.00000312. The Morgan fingerprint density at radius 3 is 2.56 bits per heavy atom. The van der Waals surface area contributed by atoms with Crippen LogP contribution in [-0.4, -0.2) is 57.3 Å². The number of guanidine groups is 1. The second-order valence-electron chi connectivity index (χ2n) is 6.74. The van der Waals surface area contributed by atoms with Crippen molar-refractivity contribution in [3.05, 3.63) is 0 Å². The van der Waals surface area contributed by atoms with E-state index < -0.39 is 10.0 Å². The average Bonchev–Trinajstić information content (AvgIpc) is 2.93. The topological polar surface area (TPSA) is 82.6 Å². The van der Waals surface area contributed by atoms with E-state index in [1.165, 1.54) is 12.8 Å². The van der Waals surface area contributed by atoms with E-state index in [0.29, 0.717) is 18.5 Å². The van der Waals surface area contributed by atoms with Gasteiger partial charge >= 0.3 is 0 Å². The molecule has 2 aliphatic rings. The Kier molecular flexibility index (Phi) is 11.1. The van der Waals surface area contributed by atoms with Crippen LogP contribution in [0.1, 0.15) is 45.4 Å². The highest BCUT2D eigenvalue weighted by atomic mass is 127. The van der Waals surface area contributed by atoms with Crippen molar-refractivity contribution in [3.63, 3.8) is 0 Å². The maximum atomic E-state index is 12.0. The first kappa shape index (κ1) is 23.3. The van der Waals surface area contributed by atoms with Gasteiger partial charge in [0.15, 0.2) is 5.96 Å². The van der Waals surface area contributed by atoms with Crippen LogP contribution >= 0.6 is 35.7 Å². The van der Waals surface area contributed by atoms with Crippen molar-refractivity contribution in [1.29, 1.82) is 0 Å². The molecule has 6 nitrogen and oxygen atoms in total. The molecule has 2 saturated carbocycles. The number of nitrogens with one attached hydrogen (secondary N) is 3. The van der Waals surface area contributed by atoms with Crippen LogP contribution in [0.4, 0.5) is 0 Å². The van der Waals surface area contributed by atoms with Crippen LogP contribution < -0.4 is 15.4 Å². The molecule has 2 fully saturated rings. The number of nitrogens with zero attached hydrogens (tertiary/aromatic N) is 1. The Morgan fingerprint density at radius 1 is 1.24 bits per heavy atom. The molecule has 2 aliphatic carbocycles. The molecule has 148 valence electrons. The van der Waals surface area contributed by atoms with Crippen molar-refractivity contribution in [2.24, 2.45) is 10.9 Å². The summed E-state index contributed by atoms with van der Waals surface area (Å²) in [5, 5.41) is 7.38. The third kappa shape index (κ3) is 8.66. The lowest BCUT2D eigenvalue weighted by Crippen LogP contribution is -2.43. The van der Waals surface area contributed by atoms with Crippen molar-refractivity contribution in [1.82, 2.24) is 15.4 Å². The van der Waals surface area contributed by atoms with Crippen molar-refractivity contribution < 1.29 is 8.42 Å². The van der Waals surface area contributed by atoms with Gasteiger partial charge in [0.2, 0.25) is 10.0 Å². The summed E-state index contributed by atoms with van der Waals surface area (Å²) >= 11 is 1.92. The van der Waals surface area contributed by atoms with Crippen LogP contribution in [0, 0.1) is 5.92 Å². The second-order valence-corrected chi connectivity index (χ2v) is 9.80. The molecule has 2 rings (SSSR count). The summed E-state index contributed by atoms with van der Waals surface area (Å²) in [6, 6.07) is 0.439. The summed E-state index contributed by atoms with van der Waals surface area (Å²) in [6.07, 6.45) is 9.21. The highest BCUT2D eigenvalue weighted by Crippen LogP contribution is 2.28. The molecule has 2 unspecified atom stereocenters. The minimum atomic E-state index is -3.22. The lowest BCUT2D eigenvalue weighted by atomic mass is 9.86. The Hall–Kier alpha value is 0.260. The monoisotopic (exact) mass is 504 g/mol. The molecule has 0 aromatic heterocycles. The number of thioether (sulfide) groups is 1. The molecule has 3 N–H and O–H groups in total. The highest BCUT2D eigenvalue weighted by molar-refractivity contribution is 14.0. The Bertz CT molecular complexity index is 512. The highest BCUT2D eigenvalue weighted by Gasteiger charge is 2.24. The van der Waals surface area contributed by atoms with Gasteiger partial charge in [0, 0.05) is 24.4 Å². The number of rotatable bonds is 9. The second kappa shape index (κ2) is 11.9.